The molecule has 0 radical (unpaired) electrons. The molecular formula is C20H17F2NO2. The molecule has 0 aliphatic heterocycles. The summed E-state index contributed by atoms with van der Waals surface area (Å²) in [5, 5.41) is 2.07. The Kier molecular flexibility index (Phi) is 4.93. The number of para-hydroxylation sites is 1. The summed E-state index contributed by atoms with van der Waals surface area (Å²) >= 11 is 0. The van der Waals surface area contributed by atoms with Crippen molar-refractivity contribution in [3.8, 4) is 5.75 Å². The van der Waals surface area contributed by atoms with E-state index in [2.05, 4.69) is 4.74 Å². The zero-order chi connectivity index (χ0) is 17.8. The molecule has 3 aromatic rings. The van der Waals surface area contributed by atoms with Crippen LogP contribution in [0, 0.1) is 0 Å². The number of hydrogen-bond donors (Lipinski definition) is 0. The van der Waals surface area contributed by atoms with Gasteiger partial charge in [-0.3, -0.25) is 4.79 Å². The molecule has 0 unspecified atom stereocenters. The number of nitrogens with zero attached hydrogens (tertiary/aromatic N) is 1. The maximum atomic E-state index is 12.9. The highest BCUT2D eigenvalue weighted by Crippen LogP contribution is 2.27. The summed E-state index contributed by atoms with van der Waals surface area (Å²) in [5.74, 6) is -0.504. The number of benzene rings is 3. The molecule has 0 bridgehead atoms. The fraction of sp³-hybridized carbons (Fsp3) is 0.150. The molecular weight excluding hydrogens is 324 g/mol. The Balaban J connectivity index is 1.98. The second kappa shape index (κ2) is 7.30. The third-order valence-electron chi connectivity index (χ3n) is 3.94. The van der Waals surface area contributed by atoms with E-state index in [9.17, 15) is 13.6 Å². The molecule has 0 spiro atoms. The lowest BCUT2D eigenvalue weighted by molar-refractivity contribution is -0.0501. The first-order valence-electron chi connectivity index (χ1n) is 7.94. The topological polar surface area (TPSA) is 29.5 Å². The average molecular weight is 341 g/mol. The summed E-state index contributed by atoms with van der Waals surface area (Å²) in [6.45, 7) is -0.742. The van der Waals surface area contributed by atoms with Gasteiger partial charge in [0.1, 0.15) is 5.75 Å². The number of ether oxygens (including phenoxy) is 1. The van der Waals surface area contributed by atoms with E-state index in [0.29, 0.717) is 12.2 Å². The van der Waals surface area contributed by atoms with Crippen molar-refractivity contribution in [2.24, 2.45) is 0 Å². The van der Waals surface area contributed by atoms with Crippen LogP contribution in [0.25, 0.3) is 10.8 Å². The zero-order valence-electron chi connectivity index (χ0n) is 13.7. The van der Waals surface area contributed by atoms with Crippen LogP contribution >= 0.6 is 0 Å². The summed E-state index contributed by atoms with van der Waals surface area (Å²) in [6.07, 6.45) is 0. The molecule has 0 atom stereocenters. The third kappa shape index (κ3) is 3.60. The molecule has 1 amide bonds. The van der Waals surface area contributed by atoms with E-state index >= 15 is 0 Å². The van der Waals surface area contributed by atoms with Crippen molar-refractivity contribution in [1.29, 1.82) is 0 Å². The minimum absolute atomic E-state index is 0.109. The number of fused-ring (bicyclic) bond motifs is 1. The van der Waals surface area contributed by atoms with Crippen molar-refractivity contribution in [3.05, 3.63) is 72.3 Å². The quantitative estimate of drug-likeness (QED) is 0.645. The maximum absolute atomic E-state index is 12.9. The van der Waals surface area contributed by atoms with Gasteiger partial charge in [-0.1, -0.05) is 42.5 Å². The number of amides is 1. The molecule has 25 heavy (non-hydrogen) atoms. The fourth-order valence-corrected chi connectivity index (χ4v) is 2.78. The zero-order valence-corrected chi connectivity index (χ0v) is 13.7. The predicted molar refractivity (Wildman–Crippen MR) is 94.4 cm³/mol. The van der Waals surface area contributed by atoms with Crippen LogP contribution in [0.5, 0.6) is 5.75 Å². The lowest BCUT2D eigenvalue weighted by atomic mass is 10.1. The van der Waals surface area contributed by atoms with Gasteiger partial charge in [-0.15, -0.1) is 0 Å². The summed E-state index contributed by atoms with van der Waals surface area (Å²) < 4.78 is 29.7. The van der Waals surface area contributed by atoms with Crippen molar-refractivity contribution in [2.75, 3.05) is 11.4 Å². The summed E-state index contributed by atoms with van der Waals surface area (Å²) in [7, 11) is 0. The molecule has 0 heterocycles. The second-order valence-corrected chi connectivity index (χ2v) is 5.46. The molecule has 0 aromatic heterocycles. The molecule has 0 saturated carbocycles. The van der Waals surface area contributed by atoms with Gasteiger partial charge in [0.15, 0.2) is 0 Å². The highest BCUT2D eigenvalue weighted by molar-refractivity contribution is 6.08. The van der Waals surface area contributed by atoms with Crippen LogP contribution in [0.15, 0.2) is 66.7 Å². The highest BCUT2D eigenvalue weighted by Gasteiger charge is 2.21. The number of rotatable bonds is 5. The lowest BCUT2D eigenvalue weighted by Crippen LogP contribution is -2.31. The van der Waals surface area contributed by atoms with Crippen LogP contribution in [-0.2, 0) is 0 Å². The smallest absolute Gasteiger partial charge is 0.387 e. The van der Waals surface area contributed by atoms with Crippen LogP contribution in [-0.4, -0.2) is 19.1 Å². The van der Waals surface area contributed by atoms with Gasteiger partial charge in [0, 0.05) is 12.2 Å². The molecule has 3 aromatic carbocycles. The van der Waals surface area contributed by atoms with Gasteiger partial charge in [-0.25, -0.2) is 0 Å². The molecule has 0 aliphatic rings. The number of alkyl halides is 2. The maximum Gasteiger partial charge on any atom is 0.387 e. The van der Waals surface area contributed by atoms with Crippen LogP contribution < -0.4 is 9.64 Å². The van der Waals surface area contributed by atoms with Gasteiger partial charge >= 0.3 is 6.61 Å². The fourth-order valence-electron chi connectivity index (χ4n) is 2.78. The summed E-state index contributed by atoms with van der Waals surface area (Å²) in [6, 6.07) is 19.6. The predicted octanol–water partition coefficient (Wildman–Crippen LogP) is 5.11. The van der Waals surface area contributed by atoms with Crippen molar-refractivity contribution < 1.29 is 18.3 Å². The van der Waals surface area contributed by atoms with Crippen LogP contribution in [0.1, 0.15) is 17.3 Å². The lowest BCUT2D eigenvalue weighted by Gasteiger charge is -2.22. The first-order chi connectivity index (χ1) is 12.1. The van der Waals surface area contributed by atoms with Gasteiger partial charge in [-0.05, 0) is 42.0 Å². The van der Waals surface area contributed by atoms with Crippen molar-refractivity contribution in [2.45, 2.75) is 13.5 Å². The Morgan fingerprint density at radius 1 is 1.00 bits per heavy atom. The Labute approximate surface area is 144 Å². The largest absolute Gasteiger partial charge is 0.434 e. The van der Waals surface area contributed by atoms with Crippen molar-refractivity contribution in [3.63, 3.8) is 0 Å². The molecule has 0 fully saturated rings. The molecule has 3 rings (SSSR count). The Morgan fingerprint density at radius 2 is 1.68 bits per heavy atom. The van der Waals surface area contributed by atoms with E-state index in [4.69, 9.17) is 0 Å². The molecule has 0 N–H and O–H groups in total. The molecule has 0 aliphatic carbocycles. The van der Waals surface area contributed by atoms with Gasteiger partial charge < -0.3 is 9.64 Å². The summed E-state index contributed by atoms with van der Waals surface area (Å²) in [4.78, 5) is 14.5. The number of carbonyl (C=O) groups excluding carboxylic acids is 1. The van der Waals surface area contributed by atoms with E-state index in [0.717, 1.165) is 10.8 Å². The highest BCUT2D eigenvalue weighted by atomic mass is 19.3. The van der Waals surface area contributed by atoms with Gasteiger partial charge in [0.25, 0.3) is 5.91 Å². The monoisotopic (exact) mass is 341 g/mol. The molecule has 5 heteroatoms. The SMILES string of the molecule is CCN(C(=O)c1ccccc1OC(F)F)c1ccc2ccccc2c1. The Bertz CT molecular complexity index is 896. The standard InChI is InChI=1S/C20H17F2NO2/c1-2-23(16-12-11-14-7-3-4-8-15(14)13-16)19(24)17-9-5-6-10-18(17)25-20(21)22/h3-13,20H,2H2,1H3. The molecule has 3 nitrogen and oxygen atoms in total. The molecule has 128 valence electrons. The summed E-state index contributed by atoms with van der Waals surface area (Å²) in [5.41, 5.74) is 0.816. The number of hydrogen-bond acceptors (Lipinski definition) is 2. The first-order valence-corrected chi connectivity index (χ1v) is 7.94. The van der Waals surface area contributed by atoms with Crippen LogP contribution in [0.3, 0.4) is 0 Å². The van der Waals surface area contributed by atoms with E-state index in [1.54, 1.807) is 17.0 Å². The van der Waals surface area contributed by atoms with Crippen LogP contribution in [0.2, 0.25) is 0 Å². The third-order valence-corrected chi connectivity index (χ3v) is 3.94. The normalized spacial score (nSPS) is 10.9. The van der Waals surface area contributed by atoms with Crippen molar-refractivity contribution in [1.82, 2.24) is 0 Å². The van der Waals surface area contributed by atoms with Gasteiger partial charge in [-0.2, -0.15) is 8.78 Å². The first kappa shape index (κ1) is 16.9. The number of halogens is 2. The Hall–Kier alpha value is -2.95. The minimum atomic E-state index is -2.98. The van der Waals surface area contributed by atoms with E-state index in [1.165, 1.54) is 12.1 Å². The second-order valence-electron chi connectivity index (χ2n) is 5.46. The van der Waals surface area contributed by atoms with Gasteiger partial charge in [0.05, 0.1) is 5.56 Å². The molecule has 0 saturated heterocycles. The average Bonchev–Trinajstić information content (AvgIpc) is 2.62. The number of anilines is 1. The van der Waals surface area contributed by atoms with E-state index < -0.39 is 6.61 Å². The number of carbonyl (C=O) groups is 1. The Morgan fingerprint density at radius 3 is 2.40 bits per heavy atom. The van der Waals surface area contributed by atoms with E-state index in [1.807, 2.05) is 49.4 Å². The van der Waals surface area contributed by atoms with Crippen LogP contribution in [0.4, 0.5) is 14.5 Å². The van der Waals surface area contributed by atoms with Crippen molar-refractivity contribution >= 4 is 22.4 Å². The van der Waals surface area contributed by atoms with E-state index in [-0.39, 0.29) is 17.2 Å². The van der Waals surface area contributed by atoms with Gasteiger partial charge in [0.2, 0.25) is 0 Å². The minimum Gasteiger partial charge on any atom is -0.434 e.